The zero-order valence-corrected chi connectivity index (χ0v) is 11.1. The zero-order valence-electron chi connectivity index (χ0n) is 11.1. The van der Waals surface area contributed by atoms with Gasteiger partial charge in [0.2, 0.25) is 0 Å². The second-order valence-electron chi connectivity index (χ2n) is 4.36. The van der Waals surface area contributed by atoms with Crippen molar-refractivity contribution in [3.8, 4) is 0 Å². The topological polar surface area (TPSA) is 16.1 Å². The van der Waals surface area contributed by atoms with Gasteiger partial charge < -0.3 is 4.90 Å². The fraction of sp³-hybridized carbons (Fsp3) is 0.643. The molecule has 0 aliphatic rings. The maximum Gasteiger partial charge on any atom is 0.128 e. The van der Waals surface area contributed by atoms with Gasteiger partial charge >= 0.3 is 0 Å². The van der Waals surface area contributed by atoms with E-state index in [1.54, 1.807) is 0 Å². The summed E-state index contributed by atoms with van der Waals surface area (Å²) < 4.78 is 0. The van der Waals surface area contributed by atoms with E-state index in [0.29, 0.717) is 0 Å². The van der Waals surface area contributed by atoms with Crippen LogP contribution in [0.2, 0.25) is 0 Å². The van der Waals surface area contributed by atoms with Gasteiger partial charge in [0.15, 0.2) is 0 Å². The molecule has 16 heavy (non-hydrogen) atoms. The van der Waals surface area contributed by atoms with Crippen LogP contribution in [-0.4, -0.2) is 18.1 Å². The summed E-state index contributed by atoms with van der Waals surface area (Å²) in [6.07, 6.45) is 3.85. The lowest BCUT2D eigenvalue weighted by Gasteiger charge is -2.22. The SMILES string of the molecule is CCCCCN(CC)c1ccc(C)c(C)n1. The van der Waals surface area contributed by atoms with Gasteiger partial charge in [-0.05, 0) is 38.8 Å². The Morgan fingerprint density at radius 3 is 2.44 bits per heavy atom. The average molecular weight is 220 g/mol. The summed E-state index contributed by atoms with van der Waals surface area (Å²) in [7, 11) is 0. The molecule has 0 bridgehead atoms. The molecule has 0 saturated carbocycles. The fourth-order valence-electron chi connectivity index (χ4n) is 1.78. The van der Waals surface area contributed by atoms with Crippen LogP contribution >= 0.6 is 0 Å². The summed E-state index contributed by atoms with van der Waals surface area (Å²) in [6, 6.07) is 4.30. The Labute approximate surface area is 99.7 Å². The first-order valence-electron chi connectivity index (χ1n) is 6.38. The summed E-state index contributed by atoms with van der Waals surface area (Å²) in [6.45, 7) is 10.8. The number of anilines is 1. The van der Waals surface area contributed by atoms with Gasteiger partial charge in [0.25, 0.3) is 0 Å². The number of hydrogen-bond acceptors (Lipinski definition) is 2. The molecule has 0 aromatic carbocycles. The monoisotopic (exact) mass is 220 g/mol. The third-order valence-electron chi connectivity index (χ3n) is 3.07. The van der Waals surface area contributed by atoms with Crippen LogP contribution in [-0.2, 0) is 0 Å². The van der Waals surface area contributed by atoms with Gasteiger partial charge in [0, 0.05) is 18.8 Å². The molecule has 0 amide bonds. The minimum Gasteiger partial charge on any atom is -0.357 e. The number of aryl methyl sites for hydroxylation is 2. The van der Waals surface area contributed by atoms with Crippen molar-refractivity contribution >= 4 is 5.82 Å². The number of rotatable bonds is 6. The van der Waals surface area contributed by atoms with Crippen LogP contribution in [0.4, 0.5) is 5.82 Å². The van der Waals surface area contributed by atoms with Crippen LogP contribution in [0, 0.1) is 13.8 Å². The van der Waals surface area contributed by atoms with Crippen molar-refractivity contribution in [2.75, 3.05) is 18.0 Å². The van der Waals surface area contributed by atoms with E-state index in [-0.39, 0.29) is 0 Å². The Hall–Kier alpha value is -1.05. The number of hydrogen-bond donors (Lipinski definition) is 0. The second-order valence-corrected chi connectivity index (χ2v) is 4.36. The Balaban J connectivity index is 2.67. The fourth-order valence-corrected chi connectivity index (χ4v) is 1.78. The zero-order chi connectivity index (χ0) is 12.0. The van der Waals surface area contributed by atoms with Crippen molar-refractivity contribution in [3.63, 3.8) is 0 Å². The molecule has 0 aliphatic heterocycles. The van der Waals surface area contributed by atoms with E-state index < -0.39 is 0 Å². The summed E-state index contributed by atoms with van der Waals surface area (Å²) >= 11 is 0. The smallest absolute Gasteiger partial charge is 0.128 e. The van der Waals surface area contributed by atoms with Gasteiger partial charge in [0.1, 0.15) is 5.82 Å². The Bertz CT molecular complexity index is 321. The highest BCUT2D eigenvalue weighted by molar-refractivity contribution is 5.41. The molecular formula is C14H24N2. The van der Waals surface area contributed by atoms with E-state index in [9.17, 15) is 0 Å². The molecule has 0 saturated heterocycles. The maximum atomic E-state index is 4.65. The van der Waals surface area contributed by atoms with Crippen LogP contribution in [0.25, 0.3) is 0 Å². The van der Waals surface area contributed by atoms with Gasteiger partial charge in [-0.15, -0.1) is 0 Å². The van der Waals surface area contributed by atoms with E-state index in [0.717, 1.165) is 24.6 Å². The number of unbranched alkanes of at least 4 members (excludes halogenated alkanes) is 2. The quantitative estimate of drug-likeness (QED) is 0.679. The molecule has 0 atom stereocenters. The molecule has 0 unspecified atom stereocenters. The Morgan fingerprint density at radius 2 is 1.88 bits per heavy atom. The summed E-state index contributed by atoms with van der Waals surface area (Å²) in [5.41, 5.74) is 2.42. The van der Waals surface area contributed by atoms with E-state index in [4.69, 9.17) is 0 Å². The summed E-state index contributed by atoms with van der Waals surface area (Å²) in [5.74, 6) is 1.13. The lowest BCUT2D eigenvalue weighted by molar-refractivity contribution is 0.679. The number of pyridine rings is 1. The highest BCUT2D eigenvalue weighted by atomic mass is 15.2. The minimum absolute atomic E-state index is 1.04. The molecule has 0 radical (unpaired) electrons. The highest BCUT2D eigenvalue weighted by Crippen LogP contribution is 2.14. The number of nitrogens with zero attached hydrogens (tertiary/aromatic N) is 2. The molecule has 1 rings (SSSR count). The normalized spacial score (nSPS) is 10.5. The predicted octanol–water partition coefficient (Wildman–Crippen LogP) is 3.71. The largest absolute Gasteiger partial charge is 0.357 e. The van der Waals surface area contributed by atoms with Crippen LogP contribution in [0.3, 0.4) is 0 Å². The molecule has 0 spiro atoms. The molecule has 2 heteroatoms. The van der Waals surface area contributed by atoms with Crippen molar-refractivity contribution in [1.29, 1.82) is 0 Å². The van der Waals surface area contributed by atoms with Crippen LogP contribution in [0.5, 0.6) is 0 Å². The van der Waals surface area contributed by atoms with Crippen molar-refractivity contribution in [2.24, 2.45) is 0 Å². The first-order chi connectivity index (χ1) is 7.69. The van der Waals surface area contributed by atoms with E-state index in [2.05, 4.69) is 49.7 Å². The Kier molecular flexibility index (Phi) is 5.30. The van der Waals surface area contributed by atoms with Gasteiger partial charge in [-0.2, -0.15) is 0 Å². The molecule has 0 aliphatic carbocycles. The summed E-state index contributed by atoms with van der Waals surface area (Å²) in [5, 5.41) is 0. The first-order valence-corrected chi connectivity index (χ1v) is 6.38. The molecule has 1 heterocycles. The van der Waals surface area contributed by atoms with E-state index in [1.807, 2.05) is 0 Å². The van der Waals surface area contributed by atoms with Gasteiger partial charge in [-0.1, -0.05) is 25.8 Å². The van der Waals surface area contributed by atoms with E-state index >= 15 is 0 Å². The second kappa shape index (κ2) is 6.51. The van der Waals surface area contributed by atoms with E-state index in [1.165, 1.54) is 24.8 Å². The molecular weight excluding hydrogens is 196 g/mol. The molecule has 2 nitrogen and oxygen atoms in total. The van der Waals surface area contributed by atoms with Crippen LogP contribution in [0.1, 0.15) is 44.4 Å². The van der Waals surface area contributed by atoms with Crippen molar-refractivity contribution in [2.45, 2.75) is 47.0 Å². The van der Waals surface area contributed by atoms with Gasteiger partial charge in [0.05, 0.1) is 0 Å². The Morgan fingerprint density at radius 1 is 1.12 bits per heavy atom. The van der Waals surface area contributed by atoms with Crippen molar-refractivity contribution in [3.05, 3.63) is 23.4 Å². The highest BCUT2D eigenvalue weighted by Gasteiger charge is 2.06. The molecule has 90 valence electrons. The average Bonchev–Trinajstić information content (AvgIpc) is 2.29. The van der Waals surface area contributed by atoms with Crippen molar-refractivity contribution in [1.82, 2.24) is 4.98 Å². The summed E-state index contributed by atoms with van der Waals surface area (Å²) in [4.78, 5) is 7.01. The standard InChI is InChI=1S/C14H24N2/c1-5-7-8-11-16(6-2)14-10-9-12(3)13(4)15-14/h9-10H,5-8,11H2,1-4H3. The predicted molar refractivity (Wildman–Crippen MR) is 71.1 cm³/mol. The molecule has 1 aromatic rings. The van der Waals surface area contributed by atoms with Gasteiger partial charge in [-0.3, -0.25) is 0 Å². The third kappa shape index (κ3) is 3.51. The lowest BCUT2D eigenvalue weighted by atomic mass is 10.2. The third-order valence-corrected chi connectivity index (χ3v) is 3.07. The molecule has 0 fully saturated rings. The first kappa shape index (κ1) is 13.0. The molecule has 0 N–H and O–H groups in total. The maximum absolute atomic E-state index is 4.65. The number of aromatic nitrogens is 1. The van der Waals surface area contributed by atoms with Crippen molar-refractivity contribution < 1.29 is 0 Å². The van der Waals surface area contributed by atoms with Gasteiger partial charge in [-0.25, -0.2) is 4.98 Å². The van der Waals surface area contributed by atoms with Crippen LogP contribution in [0.15, 0.2) is 12.1 Å². The lowest BCUT2D eigenvalue weighted by Crippen LogP contribution is -2.25. The molecule has 1 aromatic heterocycles. The van der Waals surface area contributed by atoms with Crippen LogP contribution < -0.4 is 4.90 Å². The minimum atomic E-state index is 1.04.